The molecule has 9 heteroatoms. The molecule has 1 aliphatic carbocycles. The summed E-state index contributed by atoms with van der Waals surface area (Å²) in [5.74, 6) is 0.296. The Hall–Kier alpha value is -3.36. The van der Waals surface area contributed by atoms with E-state index in [1.165, 1.54) is 31.2 Å². The van der Waals surface area contributed by atoms with E-state index >= 15 is 0 Å². The molecule has 0 aromatic heterocycles. The molecule has 0 spiro atoms. The number of nitrogens with one attached hydrogen (secondary N) is 1. The van der Waals surface area contributed by atoms with Gasteiger partial charge in [0.05, 0.1) is 14.2 Å². The molecule has 0 aliphatic heterocycles. The van der Waals surface area contributed by atoms with Crippen LogP contribution in [0, 0.1) is 0 Å². The number of alkyl halides is 2. The van der Waals surface area contributed by atoms with E-state index in [4.69, 9.17) is 14.2 Å². The van der Waals surface area contributed by atoms with E-state index in [-0.39, 0.29) is 35.7 Å². The Balaban J connectivity index is 1.81. The second-order valence-corrected chi connectivity index (χ2v) is 7.75. The van der Waals surface area contributed by atoms with Gasteiger partial charge < -0.3 is 24.3 Å². The maximum atomic E-state index is 12.9. The number of carbonyl (C=O) groups excluding carboxylic acids is 2. The fourth-order valence-electron chi connectivity index (χ4n) is 4.14. The summed E-state index contributed by atoms with van der Waals surface area (Å²) in [6.07, 6.45) is 1.46. The van der Waals surface area contributed by atoms with Gasteiger partial charge in [-0.1, -0.05) is 6.07 Å². The van der Waals surface area contributed by atoms with Crippen molar-refractivity contribution >= 4 is 11.9 Å². The number of benzene rings is 2. The Morgan fingerprint density at radius 1 is 1.00 bits per heavy atom. The highest BCUT2D eigenvalue weighted by Gasteiger charge is 2.34. The SMILES string of the molecule is COc1ccc(C2CC(OC(C)=O)CCC2NC(=O)c2ccc(OC(F)F)cc2)cc1OC. The zero-order chi connectivity index (χ0) is 24.0. The van der Waals surface area contributed by atoms with Crippen LogP contribution in [0.15, 0.2) is 42.5 Å². The van der Waals surface area contributed by atoms with Gasteiger partial charge in [-0.3, -0.25) is 9.59 Å². The van der Waals surface area contributed by atoms with E-state index in [9.17, 15) is 18.4 Å². The summed E-state index contributed by atoms with van der Waals surface area (Å²) in [6, 6.07) is 10.8. The quantitative estimate of drug-likeness (QED) is 0.588. The van der Waals surface area contributed by atoms with Crippen molar-refractivity contribution in [3.63, 3.8) is 0 Å². The van der Waals surface area contributed by atoms with Gasteiger partial charge in [0.1, 0.15) is 11.9 Å². The summed E-state index contributed by atoms with van der Waals surface area (Å²) in [6.45, 7) is -1.56. The predicted octanol–water partition coefficient (Wildman–Crippen LogP) is 4.30. The Labute approximate surface area is 191 Å². The van der Waals surface area contributed by atoms with Gasteiger partial charge in [-0.2, -0.15) is 8.78 Å². The maximum absolute atomic E-state index is 12.9. The summed E-state index contributed by atoms with van der Waals surface area (Å²) >= 11 is 0. The van der Waals surface area contributed by atoms with E-state index in [2.05, 4.69) is 10.1 Å². The van der Waals surface area contributed by atoms with Crippen molar-refractivity contribution in [2.45, 2.75) is 50.9 Å². The fraction of sp³-hybridized carbons (Fsp3) is 0.417. The summed E-state index contributed by atoms with van der Waals surface area (Å²) in [7, 11) is 3.10. The molecule has 178 valence electrons. The zero-order valence-corrected chi connectivity index (χ0v) is 18.7. The van der Waals surface area contributed by atoms with E-state index in [1.54, 1.807) is 20.3 Å². The fourth-order valence-corrected chi connectivity index (χ4v) is 4.14. The van der Waals surface area contributed by atoms with Crippen molar-refractivity contribution in [1.82, 2.24) is 5.32 Å². The van der Waals surface area contributed by atoms with Crippen LogP contribution in [-0.2, 0) is 9.53 Å². The lowest BCUT2D eigenvalue weighted by molar-refractivity contribution is -0.148. The predicted molar refractivity (Wildman–Crippen MR) is 116 cm³/mol. The lowest BCUT2D eigenvalue weighted by Crippen LogP contribution is -2.44. The van der Waals surface area contributed by atoms with Gasteiger partial charge in [-0.15, -0.1) is 0 Å². The summed E-state index contributed by atoms with van der Waals surface area (Å²) in [5.41, 5.74) is 1.24. The van der Waals surface area contributed by atoms with Crippen molar-refractivity contribution in [2.75, 3.05) is 14.2 Å². The number of halogens is 2. The molecule has 1 N–H and O–H groups in total. The molecule has 0 heterocycles. The molecule has 1 fully saturated rings. The minimum absolute atomic E-state index is 0.0216. The van der Waals surface area contributed by atoms with E-state index in [0.29, 0.717) is 36.3 Å². The molecule has 3 unspecified atom stereocenters. The monoisotopic (exact) mass is 463 g/mol. The smallest absolute Gasteiger partial charge is 0.387 e. The average molecular weight is 463 g/mol. The molecule has 0 radical (unpaired) electrons. The number of ether oxygens (including phenoxy) is 4. The largest absolute Gasteiger partial charge is 0.493 e. The lowest BCUT2D eigenvalue weighted by atomic mass is 9.78. The minimum atomic E-state index is -2.93. The van der Waals surface area contributed by atoms with Crippen LogP contribution >= 0.6 is 0 Å². The normalized spacial score (nSPS) is 20.1. The summed E-state index contributed by atoms with van der Waals surface area (Å²) < 4.78 is 45.2. The number of carbonyl (C=O) groups is 2. The zero-order valence-electron chi connectivity index (χ0n) is 18.7. The Morgan fingerprint density at radius 2 is 1.70 bits per heavy atom. The van der Waals surface area contributed by atoms with Crippen molar-refractivity contribution in [2.24, 2.45) is 0 Å². The van der Waals surface area contributed by atoms with Crippen molar-refractivity contribution in [3.8, 4) is 17.2 Å². The van der Waals surface area contributed by atoms with Crippen molar-refractivity contribution < 1.29 is 37.3 Å². The van der Waals surface area contributed by atoms with Crippen LogP contribution < -0.4 is 19.5 Å². The second kappa shape index (κ2) is 11.0. The molecule has 1 aliphatic rings. The first-order chi connectivity index (χ1) is 15.8. The van der Waals surface area contributed by atoms with E-state index in [0.717, 1.165) is 5.56 Å². The third kappa shape index (κ3) is 6.34. The number of methoxy groups -OCH3 is 2. The van der Waals surface area contributed by atoms with Gasteiger partial charge in [0.15, 0.2) is 11.5 Å². The maximum Gasteiger partial charge on any atom is 0.387 e. The molecule has 2 aromatic rings. The topological polar surface area (TPSA) is 83.1 Å². The van der Waals surface area contributed by atoms with Crippen LogP contribution in [0.2, 0.25) is 0 Å². The summed E-state index contributed by atoms with van der Waals surface area (Å²) in [5, 5.41) is 3.04. The molecule has 33 heavy (non-hydrogen) atoms. The number of amides is 1. The highest BCUT2D eigenvalue weighted by atomic mass is 19.3. The second-order valence-electron chi connectivity index (χ2n) is 7.75. The summed E-state index contributed by atoms with van der Waals surface area (Å²) in [4.78, 5) is 24.4. The number of hydrogen-bond acceptors (Lipinski definition) is 6. The van der Waals surface area contributed by atoms with Crippen LogP contribution in [0.5, 0.6) is 17.2 Å². The molecule has 2 aromatic carbocycles. The Bertz CT molecular complexity index is 966. The molecule has 3 atom stereocenters. The highest BCUT2D eigenvalue weighted by Crippen LogP contribution is 2.38. The molecular formula is C24H27F2NO6. The van der Waals surface area contributed by atoms with Gasteiger partial charge >= 0.3 is 12.6 Å². The number of hydrogen-bond donors (Lipinski definition) is 1. The van der Waals surface area contributed by atoms with Gasteiger partial charge in [0, 0.05) is 24.4 Å². The van der Waals surface area contributed by atoms with Crippen molar-refractivity contribution in [3.05, 3.63) is 53.6 Å². The lowest BCUT2D eigenvalue weighted by Gasteiger charge is -2.36. The van der Waals surface area contributed by atoms with Crippen LogP contribution in [0.4, 0.5) is 8.78 Å². The molecule has 0 bridgehead atoms. The van der Waals surface area contributed by atoms with Gasteiger partial charge in [-0.25, -0.2) is 0 Å². The molecule has 3 rings (SSSR count). The van der Waals surface area contributed by atoms with Gasteiger partial charge in [-0.05, 0) is 61.2 Å². The minimum Gasteiger partial charge on any atom is -0.493 e. The third-order valence-electron chi connectivity index (χ3n) is 5.63. The molecule has 0 saturated heterocycles. The van der Waals surface area contributed by atoms with E-state index < -0.39 is 6.61 Å². The molecular weight excluding hydrogens is 436 g/mol. The van der Waals surface area contributed by atoms with Crippen LogP contribution in [0.3, 0.4) is 0 Å². The van der Waals surface area contributed by atoms with Crippen molar-refractivity contribution in [1.29, 1.82) is 0 Å². The number of esters is 1. The standard InChI is InChI=1S/C24H27F2NO6/c1-14(28)32-18-9-10-20(19(13-18)16-6-11-21(30-2)22(12-16)31-3)27-23(29)15-4-7-17(8-5-15)33-24(25)26/h4-8,11-12,18-20,24H,9-10,13H2,1-3H3,(H,27,29). The van der Waals surface area contributed by atoms with Gasteiger partial charge in [0.25, 0.3) is 5.91 Å². The first-order valence-electron chi connectivity index (χ1n) is 10.6. The van der Waals surface area contributed by atoms with Crippen LogP contribution in [0.1, 0.15) is 48.0 Å². The first-order valence-corrected chi connectivity index (χ1v) is 10.6. The number of rotatable bonds is 8. The first kappa shape index (κ1) is 24.3. The van der Waals surface area contributed by atoms with Crippen LogP contribution in [0.25, 0.3) is 0 Å². The Morgan fingerprint density at radius 3 is 2.30 bits per heavy atom. The third-order valence-corrected chi connectivity index (χ3v) is 5.63. The average Bonchev–Trinajstić information content (AvgIpc) is 2.79. The van der Waals surface area contributed by atoms with E-state index in [1.807, 2.05) is 12.1 Å². The highest BCUT2D eigenvalue weighted by molar-refractivity contribution is 5.94. The van der Waals surface area contributed by atoms with Crippen LogP contribution in [-0.4, -0.2) is 44.9 Å². The van der Waals surface area contributed by atoms with Gasteiger partial charge in [0.2, 0.25) is 0 Å². The molecule has 7 nitrogen and oxygen atoms in total. The molecule has 1 amide bonds. The molecule has 1 saturated carbocycles. The Kier molecular flexibility index (Phi) is 8.08.